The molecular weight excluding hydrogens is 454 g/mol. The Labute approximate surface area is 200 Å². The van der Waals surface area contributed by atoms with Crippen molar-refractivity contribution in [2.75, 3.05) is 11.1 Å². The van der Waals surface area contributed by atoms with Crippen LogP contribution >= 0.6 is 0 Å². The molecule has 0 bridgehead atoms. The number of aromatic carboxylic acids is 2. The Morgan fingerprint density at radius 2 is 1.20 bits per heavy atom. The van der Waals surface area contributed by atoms with Crippen LogP contribution in [-0.2, 0) is 0 Å². The number of nitrogens with one attached hydrogen (secondary N) is 2. The van der Waals surface area contributed by atoms with Gasteiger partial charge in [-0.15, -0.1) is 0 Å². The molecule has 0 atom stereocenters. The van der Waals surface area contributed by atoms with Crippen molar-refractivity contribution < 1.29 is 34.1 Å². The number of benzene rings is 3. The fourth-order valence-electron chi connectivity index (χ4n) is 3.15. The fraction of sp³-hybridized carbons (Fsp3) is 0.120. The Morgan fingerprint density at radius 3 is 1.69 bits per heavy atom. The van der Waals surface area contributed by atoms with Crippen molar-refractivity contribution in [3.63, 3.8) is 0 Å². The highest BCUT2D eigenvalue weighted by atomic mass is 16.5. The van der Waals surface area contributed by atoms with Gasteiger partial charge in [-0.25, -0.2) is 9.59 Å². The van der Waals surface area contributed by atoms with Gasteiger partial charge in [0.1, 0.15) is 11.5 Å². The summed E-state index contributed by atoms with van der Waals surface area (Å²) in [5.74, 6) is -3.53. The van der Waals surface area contributed by atoms with E-state index in [1.807, 2.05) is 0 Å². The molecule has 0 saturated carbocycles. The molecule has 0 heterocycles. The van der Waals surface area contributed by atoms with Gasteiger partial charge in [-0.1, -0.05) is 0 Å². The highest BCUT2D eigenvalue weighted by Crippen LogP contribution is 2.25. The van der Waals surface area contributed by atoms with E-state index in [-0.39, 0.29) is 17.2 Å². The molecule has 0 saturated heterocycles. The molecule has 3 rings (SSSR count). The van der Waals surface area contributed by atoms with E-state index in [0.717, 1.165) is 12.1 Å². The molecule has 2 amide bonds. The lowest BCUT2D eigenvalue weighted by Gasteiger charge is -2.14. The summed E-state index contributed by atoms with van der Waals surface area (Å²) < 4.78 is 5.69. The average molecular weight is 477 g/mol. The van der Waals surface area contributed by atoms with Crippen LogP contribution in [0.15, 0.2) is 60.7 Å². The summed E-state index contributed by atoms with van der Waals surface area (Å²) in [5.41, 5.74) is 4.80. The first kappa shape index (κ1) is 24.8. The molecule has 0 unspecified atom stereocenters. The second kappa shape index (κ2) is 10.4. The van der Waals surface area contributed by atoms with Crippen molar-refractivity contribution in [3.05, 3.63) is 82.9 Å². The predicted octanol–water partition coefficient (Wildman–Crippen LogP) is 3.85. The lowest BCUT2D eigenvalue weighted by Crippen LogP contribution is -2.32. The molecule has 0 aromatic heterocycles. The van der Waals surface area contributed by atoms with Gasteiger partial charge in [-0.3, -0.25) is 9.59 Å². The van der Waals surface area contributed by atoms with E-state index in [2.05, 4.69) is 10.6 Å². The quantitative estimate of drug-likeness (QED) is 0.305. The smallest absolute Gasteiger partial charge is 0.336 e. The number of hydrogen-bond donors (Lipinski definition) is 5. The number of carboxylic acid groups (broad SMARTS) is 2. The van der Waals surface area contributed by atoms with Gasteiger partial charge >= 0.3 is 11.9 Å². The topological polar surface area (TPSA) is 168 Å². The number of amides is 2. The number of carboxylic acids is 2. The lowest BCUT2D eigenvalue weighted by atomic mass is 9.96. The molecule has 0 aliphatic carbocycles. The molecule has 6 N–H and O–H groups in total. The molecule has 0 aliphatic heterocycles. The number of carbonyl (C=O) groups excluding carboxylic acids is 2. The molecule has 180 valence electrons. The number of nitrogens with two attached hydrogens (primary N) is 1. The second-order valence-corrected chi connectivity index (χ2v) is 7.83. The molecule has 10 heteroatoms. The van der Waals surface area contributed by atoms with Gasteiger partial charge in [0.15, 0.2) is 0 Å². The molecule has 35 heavy (non-hydrogen) atoms. The third-order valence-corrected chi connectivity index (χ3v) is 4.76. The van der Waals surface area contributed by atoms with E-state index >= 15 is 0 Å². The standard InChI is InChI=1S/C25H23N3O7/c1-13(2)27-22(29)18-11-19(21(25(33)34)12-20(18)24(31)32)23(30)28-15-5-9-17(10-6-15)35-16-7-3-14(26)4-8-16/h3-13H,26H2,1-2H3,(H,27,29)(H,28,30)(H,31,32)(H,33,34). The SMILES string of the molecule is CC(C)NC(=O)c1cc(C(=O)Nc2ccc(Oc3ccc(N)cc3)cc2)c(C(=O)O)cc1C(=O)O. The number of ether oxygens (including phenoxy) is 1. The molecule has 0 fully saturated rings. The van der Waals surface area contributed by atoms with Gasteiger partial charge in [0.2, 0.25) is 0 Å². The molecule has 0 spiro atoms. The number of rotatable bonds is 8. The highest BCUT2D eigenvalue weighted by molar-refractivity contribution is 6.14. The van der Waals surface area contributed by atoms with Crippen LogP contribution in [0.5, 0.6) is 11.5 Å². The van der Waals surface area contributed by atoms with Crippen LogP contribution in [0, 0.1) is 0 Å². The largest absolute Gasteiger partial charge is 0.478 e. The van der Waals surface area contributed by atoms with Crippen molar-refractivity contribution in [1.82, 2.24) is 5.32 Å². The van der Waals surface area contributed by atoms with Gasteiger partial charge in [0, 0.05) is 17.4 Å². The van der Waals surface area contributed by atoms with E-state index in [9.17, 15) is 29.4 Å². The van der Waals surface area contributed by atoms with E-state index in [1.165, 1.54) is 0 Å². The van der Waals surface area contributed by atoms with Crippen molar-refractivity contribution >= 4 is 35.1 Å². The summed E-state index contributed by atoms with van der Waals surface area (Å²) >= 11 is 0. The van der Waals surface area contributed by atoms with Crippen LogP contribution in [0.1, 0.15) is 55.3 Å². The van der Waals surface area contributed by atoms with Crippen molar-refractivity contribution in [1.29, 1.82) is 0 Å². The van der Waals surface area contributed by atoms with Gasteiger partial charge < -0.3 is 31.3 Å². The van der Waals surface area contributed by atoms with Gasteiger partial charge in [-0.2, -0.15) is 0 Å². The van der Waals surface area contributed by atoms with Crippen LogP contribution in [-0.4, -0.2) is 40.0 Å². The van der Waals surface area contributed by atoms with Crippen LogP contribution in [0.2, 0.25) is 0 Å². The normalized spacial score (nSPS) is 10.5. The molecule has 3 aromatic carbocycles. The van der Waals surface area contributed by atoms with E-state index in [4.69, 9.17) is 10.5 Å². The molecule has 3 aromatic rings. The van der Waals surface area contributed by atoms with E-state index < -0.39 is 34.9 Å². The Kier molecular flexibility index (Phi) is 7.35. The maximum atomic E-state index is 12.9. The van der Waals surface area contributed by atoms with Crippen LogP contribution < -0.4 is 21.1 Å². The lowest BCUT2D eigenvalue weighted by molar-refractivity contribution is 0.0688. The third kappa shape index (κ3) is 6.14. The number of carbonyl (C=O) groups is 4. The summed E-state index contributed by atoms with van der Waals surface area (Å²) in [6.45, 7) is 3.36. The Bertz CT molecular complexity index is 1280. The maximum Gasteiger partial charge on any atom is 0.336 e. The zero-order chi connectivity index (χ0) is 25.7. The first-order valence-electron chi connectivity index (χ1n) is 10.5. The highest BCUT2D eigenvalue weighted by Gasteiger charge is 2.26. The monoisotopic (exact) mass is 477 g/mol. The molecule has 0 aliphatic rings. The van der Waals surface area contributed by atoms with Gasteiger partial charge in [-0.05, 0) is 74.5 Å². The summed E-state index contributed by atoms with van der Waals surface area (Å²) in [5, 5.41) is 24.1. The minimum atomic E-state index is -1.51. The Morgan fingerprint density at radius 1 is 0.743 bits per heavy atom. The minimum absolute atomic E-state index is 0.311. The van der Waals surface area contributed by atoms with Crippen LogP contribution in [0.3, 0.4) is 0 Å². The van der Waals surface area contributed by atoms with Crippen LogP contribution in [0.25, 0.3) is 0 Å². The third-order valence-electron chi connectivity index (χ3n) is 4.76. The van der Waals surface area contributed by atoms with E-state index in [1.54, 1.807) is 62.4 Å². The molecular formula is C25H23N3O7. The van der Waals surface area contributed by atoms with Crippen LogP contribution in [0.4, 0.5) is 11.4 Å². The summed E-state index contributed by atoms with van der Waals surface area (Å²) in [7, 11) is 0. The zero-order valence-electron chi connectivity index (χ0n) is 18.9. The first-order valence-corrected chi connectivity index (χ1v) is 10.5. The molecule has 10 nitrogen and oxygen atoms in total. The number of hydrogen-bond acceptors (Lipinski definition) is 6. The zero-order valence-corrected chi connectivity index (χ0v) is 18.9. The van der Waals surface area contributed by atoms with Gasteiger partial charge in [0.25, 0.3) is 11.8 Å². The first-order chi connectivity index (χ1) is 16.5. The average Bonchev–Trinajstić information content (AvgIpc) is 2.80. The van der Waals surface area contributed by atoms with Crippen molar-refractivity contribution in [2.24, 2.45) is 0 Å². The van der Waals surface area contributed by atoms with Crippen molar-refractivity contribution in [3.8, 4) is 11.5 Å². The maximum absolute atomic E-state index is 12.9. The Balaban J connectivity index is 1.88. The minimum Gasteiger partial charge on any atom is -0.478 e. The van der Waals surface area contributed by atoms with Crippen molar-refractivity contribution in [2.45, 2.75) is 19.9 Å². The molecule has 0 radical (unpaired) electrons. The summed E-state index contributed by atoms with van der Waals surface area (Å²) in [4.78, 5) is 48.9. The summed E-state index contributed by atoms with van der Waals surface area (Å²) in [6.07, 6.45) is 0. The van der Waals surface area contributed by atoms with E-state index in [0.29, 0.717) is 22.9 Å². The Hall–Kier alpha value is -4.86. The predicted molar refractivity (Wildman–Crippen MR) is 128 cm³/mol. The number of nitrogen functional groups attached to an aromatic ring is 1. The van der Waals surface area contributed by atoms with Gasteiger partial charge in [0.05, 0.1) is 22.3 Å². The fourth-order valence-corrected chi connectivity index (χ4v) is 3.15. The second-order valence-electron chi connectivity index (χ2n) is 7.83. The number of anilines is 2. The summed E-state index contributed by atoms with van der Waals surface area (Å²) in [6, 6.07) is 14.5.